The summed E-state index contributed by atoms with van der Waals surface area (Å²) < 4.78 is 5.29. The smallest absolute Gasteiger partial charge is 0.220 e. The summed E-state index contributed by atoms with van der Waals surface area (Å²) in [6.45, 7) is 0.575. The van der Waals surface area contributed by atoms with Gasteiger partial charge in [0.1, 0.15) is 0 Å². The highest BCUT2D eigenvalue weighted by Gasteiger charge is 2.27. The second-order valence-corrected chi connectivity index (χ2v) is 3.77. The summed E-state index contributed by atoms with van der Waals surface area (Å²) in [6.07, 6.45) is 4.72. The molecular formula is C10H20N2O2. The minimum absolute atomic E-state index is 0.101. The van der Waals surface area contributed by atoms with Crippen molar-refractivity contribution in [3.05, 3.63) is 0 Å². The lowest BCUT2D eigenvalue weighted by atomic mass is 10.2. The molecule has 0 heterocycles. The number of methoxy groups -OCH3 is 1. The zero-order valence-corrected chi connectivity index (χ0v) is 8.79. The standard InChI is InChI=1S/C10H20N2O2/c1-14-9-5-2-4-8(9)12-10(13)6-3-7-11/h8-9H,2-7,11H2,1H3,(H,12,13). The van der Waals surface area contributed by atoms with Gasteiger partial charge in [-0.15, -0.1) is 0 Å². The minimum atomic E-state index is 0.101. The van der Waals surface area contributed by atoms with Crippen LogP contribution in [0.2, 0.25) is 0 Å². The zero-order valence-electron chi connectivity index (χ0n) is 8.79. The Balaban J connectivity index is 2.25. The molecule has 1 aliphatic carbocycles. The van der Waals surface area contributed by atoms with Crippen LogP contribution in [-0.2, 0) is 9.53 Å². The van der Waals surface area contributed by atoms with Gasteiger partial charge < -0.3 is 15.8 Å². The molecule has 4 heteroatoms. The van der Waals surface area contributed by atoms with E-state index in [1.165, 1.54) is 0 Å². The molecule has 4 nitrogen and oxygen atoms in total. The van der Waals surface area contributed by atoms with E-state index in [-0.39, 0.29) is 18.1 Å². The molecule has 0 bridgehead atoms. The lowest BCUT2D eigenvalue weighted by Crippen LogP contribution is -2.40. The summed E-state index contributed by atoms with van der Waals surface area (Å²) in [5.41, 5.74) is 5.33. The molecule has 0 radical (unpaired) electrons. The van der Waals surface area contributed by atoms with E-state index in [0.717, 1.165) is 25.7 Å². The SMILES string of the molecule is COC1CCCC1NC(=O)CCCN. The van der Waals surface area contributed by atoms with Crippen molar-refractivity contribution in [3.8, 4) is 0 Å². The van der Waals surface area contributed by atoms with Gasteiger partial charge >= 0.3 is 0 Å². The van der Waals surface area contributed by atoms with Gasteiger partial charge in [0.2, 0.25) is 5.91 Å². The first-order valence-corrected chi connectivity index (χ1v) is 5.30. The lowest BCUT2D eigenvalue weighted by Gasteiger charge is -2.19. The molecule has 1 aliphatic rings. The van der Waals surface area contributed by atoms with Crippen LogP contribution >= 0.6 is 0 Å². The highest BCUT2D eigenvalue weighted by molar-refractivity contribution is 5.76. The van der Waals surface area contributed by atoms with Crippen LogP contribution in [0.1, 0.15) is 32.1 Å². The summed E-state index contributed by atoms with van der Waals surface area (Å²) >= 11 is 0. The van der Waals surface area contributed by atoms with Crippen molar-refractivity contribution in [3.63, 3.8) is 0 Å². The third kappa shape index (κ3) is 3.27. The molecule has 2 unspecified atom stereocenters. The molecule has 0 spiro atoms. The third-order valence-corrected chi connectivity index (χ3v) is 2.71. The monoisotopic (exact) mass is 200 g/mol. The van der Waals surface area contributed by atoms with Crippen LogP contribution in [0.4, 0.5) is 0 Å². The largest absolute Gasteiger partial charge is 0.379 e. The maximum Gasteiger partial charge on any atom is 0.220 e. The van der Waals surface area contributed by atoms with Gasteiger partial charge in [0.05, 0.1) is 12.1 Å². The number of rotatable bonds is 5. The molecule has 2 atom stereocenters. The van der Waals surface area contributed by atoms with Gasteiger partial charge in [-0.05, 0) is 32.2 Å². The van der Waals surface area contributed by atoms with Gasteiger partial charge in [-0.3, -0.25) is 4.79 Å². The van der Waals surface area contributed by atoms with Crippen molar-refractivity contribution in [1.29, 1.82) is 0 Å². The second kappa shape index (κ2) is 5.98. The number of hydrogen-bond donors (Lipinski definition) is 2. The molecule has 0 aromatic heterocycles. The second-order valence-electron chi connectivity index (χ2n) is 3.77. The van der Waals surface area contributed by atoms with Crippen molar-refractivity contribution in [2.75, 3.05) is 13.7 Å². The first-order chi connectivity index (χ1) is 6.77. The van der Waals surface area contributed by atoms with Gasteiger partial charge in [0, 0.05) is 13.5 Å². The summed E-state index contributed by atoms with van der Waals surface area (Å²) in [4.78, 5) is 11.4. The number of ether oxygens (including phenoxy) is 1. The van der Waals surface area contributed by atoms with Gasteiger partial charge in [-0.1, -0.05) is 0 Å². The van der Waals surface area contributed by atoms with E-state index >= 15 is 0 Å². The maximum absolute atomic E-state index is 11.4. The predicted molar refractivity (Wildman–Crippen MR) is 54.9 cm³/mol. The molecule has 0 aromatic carbocycles. The Kier molecular flexibility index (Phi) is 4.90. The number of nitrogens with two attached hydrogens (primary N) is 1. The van der Waals surface area contributed by atoms with Crippen molar-refractivity contribution < 1.29 is 9.53 Å². The Bertz CT molecular complexity index is 185. The van der Waals surface area contributed by atoms with Crippen LogP contribution in [0, 0.1) is 0 Å². The van der Waals surface area contributed by atoms with Crippen LogP contribution in [0.15, 0.2) is 0 Å². The van der Waals surface area contributed by atoms with Gasteiger partial charge in [0.15, 0.2) is 0 Å². The Morgan fingerprint density at radius 2 is 2.36 bits per heavy atom. The molecule has 14 heavy (non-hydrogen) atoms. The molecule has 1 fully saturated rings. The third-order valence-electron chi connectivity index (χ3n) is 2.71. The molecule has 0 saturated heterocycles. The lowest BCUT2D eigenvalue weighted by molar-refractivity contribution is -0.122. The van der Waals surface area contributed by atoms with Crippen LogP contribution < -0.4 is 11.1 Å². The maximum atomic E-state index is 11.4. The minimum Gasteiger partial charge on any atom is -0.379 e. The molecule has 82 valence electrons. The molecule has 1 rings (SSSR count). The highest BCUT2D eigenvalue weighted by Crippen LogP contribution is 2.21. The molecule has 0 aromatic rings. The van der Waals surface area contributed by atoms with Gasteiger partial charge in [0.25, 0.3) is 0 Å². The summed E-state index contributed by atoms with van der Waals surface area (Å²) in [5, 5.41) is 3.00. The van der Waals surface area contributed by atoms with Gasteiger partial charge in [-0.25, -0.2) is 0 Å². The summed E-state index contributed by atoms with van der Waals surface area (Å²) in [5.74, 6) is 0.101. The van der Waals surface area contributed by atoms with E-state index in [2.05, 4.69) is 5.32 Å². The van der Waals surface area contributed by atoms with Crippen molar-refractivity contribution in [2.45, 2.75) is 44.2 Å². The molecule has 1 saturated carbocycles. The number of nitrogens with one attached hydrogen (secondary N) is 1. The van der Waals surface area contributed by atoms with E-state index in [9.17, 15) is 4.79 Å². The van der Waals surface area contributed by atoms with Crippen molar-refractivity contribution in [1.82, 2.24) is 5.32 Å². The number of carbonyl (C=O) groups is 1. The number of hydrogen-bond acceptors (Lipinski definition) is 3. The average Bonchev–Trinajstić information content (AvgIpc) is 2.62. The topological polar surface area (TPSA) is 64.3 Å². The van der Waals surface area contributed by atoms with E-state index in [4.69, 9.17) is 10.5 Å². The predicted octanol–water partition coefficient (Wildman–Crippen LogP) is 0.409. The summed E-state index contributed by atoms with van der Waals surface area (Å²) in [6, 6.07) is 0.213. The normalized spacial score (nSPS) is 26.4. The van der Waals surface area contributed by atoms with Crippen LogP contribution in [-0.4, -0.2) is 31.7 Å². The highest BCUT2D eigenvalue weighted by atomic mass is 16.5. The fraction of sp³-hybridized carbons (Fsp3) is 0.900. The quantitative estimate of drug-likeness (QED) is 0.675. The zero-order chi connectivity index (χ0) is 10.4. The molecule has 3 N–H and O–H groups in total. The van der Waals surface area contributed by atoms with Crippen LogP contribution in [0.3, 0.4) is 0 Å². The Hall–Kier alpha value is -0.610. The van der Waals surface area contributed by atoms with E-state index in [1.807, 2.05) is 0 Å². The Morgan fingerprint density at radius 1 is 1.57 bits per heavy atom. The molecular weight excluding hydrogens is 180 g/mol. The molecule has 1 amide bonds. The van der Waals surface area contributed by atoms with Crippen LogP contribution in [0.5, 0.6) is 0 Å². The van der Waals surface area contributed by atoms with Crippen LogP contribution in [0.25, 0.3) is 0 Å². The van der Waals surface area contributed by atoms with E-state index in [1.54, 1.807) is 7.11 Å². The van der Waals surface area contributed by atoms with Crippen molar-refractivity contribution >= 4 is 5.91 Å². The summed E-state index contributed by atoms with van der Waals surface area (Å²) in [7, 11) is 1.70. The Morgan fingerprint density at radius 3 is 3.00 bits per heavy atom. The first kappa shape index (κ1) is 11.5. The first-order valence-electron chi connectivity index (χ1n) is 5.30. The number of amides is 1. The molecule has 0 aliphatic heterocycles. The van der Waals surface area contributed by atoms with Gasteiger partial charge in [-0.2, -0.15) is 0 Å². The fourth-order valence-corrected chi connectivity index (χ4v) is 1.91. The Labute approximate surface area is 85.2 Å². The van der Waals surface area contributed by atoms with E-state index < -0.39 is 0 Å². The average molecular weight is 200 g/mol. The number of carbonyl (C=O) groups excluding carboxylic acids is 1. The fourth-order valence-electron chi connectivity index (χ4n) is 1.91. The van der Waals surface area contributed by atoms with E-state index in [0.29, 0.717) is 13.0 Å². The van der Waals surface area contributed by atoms with Crippen molar-refractivity contribution in [2.24, 2.45) is 5.73 Å².